The second-order valence-corrected chi connectivity index (χ2v) is 16.9. The van der Waals surface area contributed by atoms with Gasteiger partial charge in [-0.15, -0.1) is 0 Å². The van der Waals surface area contributed by atoms with Crippen LogP contribution in [0, 0.1) is 23.7 Å². The molecule has 0 radical (unpaired) electrons. The molecule has 4 bridgehead atoms. The van der Waals surface area contributed by atoms with Crippen molar-refractivity contribution in [3.05, 3.63) is 72.0 Å². The van der Waals surface area contributed by atoms with Crippen LogP contribution in [0.4, 0.5) is 11.4 Å². The Bertz CT molecular complexity index is 1690. The van der Waals surface area contributed by atoms with Crippen molar-refractivity contribution in [2.75, 3.05) is 58.4 Å². The molecule has 12 atom stereocenters. The molecule has 0 saturated carbocycles. The Morgan fingerprint density at radius 1 is 0.736 bits per heavy atom. The molecule has 0 amide bonds. The third-order valence-corrected chi connectivity index (χ3v) is 14.5. The van der Waals surface area contributed by atoms with Crippen molar-refractivity contribution < 1.29 is 24.3 Å². The first kappa shape index (κ1) is 36.8. The lowest BCUT2D eigenvalue weighted by Crippen LogP contribution is -2.58. The number of allylic oxidation sites excluding steroid dienone is 3. The zero-order valence-corrected chi connectivity index (χ0v) is 32.5. The van der Waals surface area contributed by atoms with Gasteiger partial charge >= 0.3 is 0 Å². The van der Waals surface area contributed by atoms with Crippen molar-refractivity contribution in [3.63, 3.8) is 0 Å². The van der Waals surface area contributed by atoms with Gasteiger partial charge in [-0.1, -0.05) is 32.8 Å². The monoisotopic (exact) mass is 723 g/mol. The molecule has 8 heteroatoms. The summed E-state index contributed by atoms with van der Waals surface area (Å²) in [7, 11) is 3.45. The summed E-state index contributed by atoms with van der Waals surface area (Å²) < 4.78 is 13.7. The molecule has 0 spiro atoms. The summed E-state index contributed by atoms with van der Waals surface area (Å²) in [4.78, 5) is 7.50. The normalized spacial score (nSPS) is 35.4. The maximum absolute atomic E-state index is 11.9. The summed E-state index contributed by atoms with van der Waals surface area (Å²) in [6, 6.07) is 13.2. The van der Waals surface area contributed by atoms with E-state index >= 15 is 0 Å². The molecule has 6 fully saturated rings. The third-order valence-electron chi connectivity index (χ3n) is 14.5. The van der Waals surface area contributed by atoms with Crippen LogP contribution in [0.25, 0.3) is 0 Å². The first-order valence-corrected chi connectivity index (χ1v) is 20.8. The molecule has 0 aliphatic carbocycles. The van der Waals surface area contributed by atoms with Gasteiger partial charge in [-0.25, -0.2) is 0 Å². The van der Waals surface area contributed by atoms with Gasteiger partial charge in [0.2, 0.25) is 5.69 Å². The molecule has 0 aromatic heterocycles. The SMILES string of the molecule is CC[C@H]1CN2CC[C@H]1C[C@H]2[C@H](O)C1CCN(/C=C/C=C/C=[N+]2CCC([C@@H](O)[C@@H]3C[C@@H]4CCN3C[C@@H]4CC)c3cc(OC)ccc32)c2ccc(OC)cc21. The zero-order valence-electron chi connectivity index (χ0n) is 32.5. The van der Waals surface area contributed by atoms with Gasteiger partial charge in [0, 0.05) is 79.6 Å². The van der Waals surface area contributed by atoms with Gasteiger partial charge in [-0.3, -0.25) is 9.80 Å². The molecule has 53 heavy (non-hydrogen) atoms. The number of methoxy groups -OCH3 is 2. The summed E-state index contributed by atoms with van der Waals surface area (Å²) >= 11 is 0. The van der Waals surface area contributed by atoms with Crippen LogP contribution in [0.2, 0.25) is 0 Å². The van der Waals surface area contributed by atoms with Crippen LogP contribution in [-0.4, -0.2) is 109 Å². The van der Waals surface area contributed by atoms with Crippen LogP contribution in [0.3, 0.4) is 0 Å². The molecular formula is C45H63N4O4+. The van der Waals surface area contributed by atoms with Gasteiger partial charge < -0.3 is 24.6 Å². The molecular weight excluding hydrogens is 661 g/mol. The summed E-state index contributed by atoms with van der Waals surface area (Å²) in [6.07, 6.45) is 19.1. The van der Waals surface area contributed by atoms with Gasteiger partial charge in [0.25, 0.3) is 0 Å². The largest absolute Gasteiger partial charge is 0.497 e. The number of fused-ring (bicyclic) bond motifs is 8. The van der Waals surface area contributed by atoms with E-state index in [1.807, 2.05) is 12.1 Å². The van der Waals surface area contributed by atoms with Crippen molar-refractivity contribution in [2.45, 2.75) is 101 Å². The lowest BCUT2D eigenvalue weighted by atomic mass is 9.70. The quantitative estimate of drug-likeness (QED) is 0.193. The highest BCUT2D eigenvalue weighted by atomic mass is 16.5. The minimum Gasteiger partial charge on any atom is -0.497 e. The van der Waals surface area contributed by atoms with Gasteiger partial charge in [0.15, 0.2) is 6.21 Å². The van der Waals surface area contributed by atoms with Crippen molar-refractivity contribution in [1.29, 1.82) is 0 Å². The molecule has 8 aliphatic heterocycles. The molecule has 8 nitrogen and oxygen atoms in total. The van der Waals surface area contributed by atoms with Crippen LogP contribution in [0.1, 0.15) is 88.2 Å². The second kappa shape index (κ2) is 15.9. The minimum atomic E-state index is -0.376. The lowest BCUT2D eigenvalue weighted by molar-refractivity contribution is -0.443. The van der Waals surface area contributed by atoms with Crippen LogP contribution in [0.5, 0.6) is 11.5 Å². The topological polar surface area (TPSA) is 71.7 Å². The highest BCUT2D eigenvalue weighted by Crippen LogP contribution is 2.47. The number of hydrogen-bond acceptors (Lipinski definition) is 7. The van der Waals surface area contributed by atoms with E-state index in [1.165, 1.54) is 36.8 Å². The first-order valence-electron chi connectivity index (χ1n) is 20.8. The predicted octanol–water partition coefficient (Wildman–Crippen LogP) is 6.93. The van der Waals surface area contributed by atoms with Gasteiger partial charge in [-0.2, -0.15) is 4.58 Å². The Labute approximate surface area is 317 Å². The molecule has 10 rings (SSSR count). The molecule has 8 heterocycles. The number of hydrogen-bond donors (Lipinski definition) is 2. The molecule has 2 aromatic carbocycles. The highest BCUT2D eigenvalue weighted by molar-refractivity contribution is 5.69. The Kier molecular flexibility index (Phi) is 11.0. The summed E-state index contributed by atoms with van der Waals surface area (Å²) in [5.74, 6) is 4.94. The fourth-order valence-electron chi connectivity index (χ4n) is 11.5. The van der Waals surface area contributed by atoms with E-state index in [0.29, 0.717) is 0 Å². The van der Waals surface area contributed by atoms with Crippen molar-refractivity contribution in [1.82, 2.24) is 9.80 Å². The van der Waals surface area contributed by atoms with E-state index in [4.69, 9.17) is 9.47 Å². The first-order chi connectivity index (χ1) is 25.9. The van der Waals surface area contributed by atoms with Crippen molar-refractivity contribution >= 4 is 17.6 Å². The Balaban J connectivity index is 0.966. The fourth-order valence-corrected chi connectivity index (χ4v) is 11.5. The van der Waals surface area contributed by atoms with Crippen LogP contribution in [0.15, 0.2) is 60.8 Å². The summed E-state index contributed by atoms with van der Waals surface area (Å²) in [5.41, 5.74) is 4.71. The number of ether oxygens (including phenoxy) is 2. The maximum Gasteiger partial charge on any atom is 0.209 e. The van der Waals surface area contributed by atoms with Crippen molar-refractivity contribution in [3.8, 4) is 11.5 Å². The smallest absolute Gasteiger partial charge is 0.209 e. The molecule has 6 saturated heterocycles. The highest BCUT2D eigenvalue weighted by Gasteiger charge is 2.47. The lowest BCUT2D eigenvalue weighted by Gasteiger charge is -2.52. The number of nitrogens with zero attached hydrogens (tertiary/aromatic N) is 4. The number of benzene rings is 2. The number of aliphatic hydroxyl groups is 2. The average Bonchev–Trinajstić information content (AvgIpc) is 3.22. The van der Waals surface area contributed by atoms with Crippen LogP contribution in [-0.2, 0) is 0 Å². The fraction of sp³-hybridized carbons (Fsp3) is 0.622. The minimum absolute atomic E-state index is 0.0943. The zero-order chi connectivity index (χ0) is 36.6. The standard InChI is InChI=1S/C45H63N4O4/c1-5-30-28-48-20-14-32(30)24-42(48)44(50)36-16-22-46(40-12-10-34(52-3)26-38(36)40)18-8-7-9-19-47-23-17-37(39-27-35(53-4)11-13-41(39)47)45(51)43-25-33-15-21-49(43)29-31(33)6-2/h7-13,18-19,26-27,30-33,36-37,42-45,50-51H,5-6,14-17,20-25,28-29H2,1-4H3/q+1/t30-,31-,32-,33-,36?,37?,42-,43-,44+,45+/m0/s1. The van der Waals surface area contributed by atoms with Crippen molar-refractivity contribution in [2.24, 2.45) is 23.7 Å². The van der Waals surface area contributed by atoms with Gasteiger partial charge in [0.1, 0.15) is 18.0 Å². The molecule has 4 unspecified atom stereocenters. The number of anilines is 1. The van der Waals surface area contributed by atoms with Gasteiger partial charge in [0.05, 0.1) is 26.4 Å². The Morgan fingerprint density at radius 3 is 1.92 bits per heavy atom. The van der Waals surface area contributed by atoms with Gasteiger partial charge in [-0.05, 0) is 111 Å². The molecule has 2 aromatic rings. The van der Waals surface area contributed by atoms with E-state index in [2.05, 4.69) is 88.0 Å². The maximum atomic E-state index is 11.9. The van der Waals surface area contributed by atoms with E-state index in [-0.39, 0.29) is 36.1 Å². The second-order valence-electron chi connectivity index (χ2n) is 16.9. The molecule has 2 N–H and O–H groups in total. The van der Waals surface area contributed by atoms with E-state index < -0.39 is 0 Å². The van der Waals surface area contributed by atoms with E-state index in [9.17, 15) is 10.2 Å². The van der Waals surface area contributed by atoms with E-state index in [1.54, 1.807) is 14.2 Å². The summed E-state index contributed by atoms with van der Waals surface area (Å²) in [5, 5.41) is 23.9. The number of piperidine rings is 6. The number of aliphatic hydroxyl groups excluding tert-OH is 2. The Hall–Kier alpha value is -3.17. The molecule has 8 aliphatic rings. The van der Waals surface area contributed by atoms with Crippen LogP contribution < -0.4 is 14.4 Å². The molecule has 286 valence electrons. The van der Waals surface area contributed by atoms with E-state index in [0.717, 1.165) is 111 Å². The number of rotatable bonds is 11. The Morgan fingerprint density at radius 2 is 1.34 bits per heavy atom. The summed E-state index contributed by atoms with van der Waals surface area (Å²) in [6.45, 7) is 10.9. The predicted molar refractivity (Wildman–Crippen MR) is 213 cm³/mol. The average molecular weight is 724 g/mol. The van der Waals surface area contributed by atoms with Crippen LogP contribution >= 0.6 is 0 Å². The third kappa shape index (κ3) is 7.10.